The number of carbonyl (C=O) groups excluding carboxylic acids is 3. The van der Waals surface area contributed by atoms with Crippen LogP contribution in [0.3, 0.4) is 0 Å². The second kappa shape index (κ2) is 10.4. The lowest BCUT2D eigenvalue weighted by Crippen LogP contribution is -2.61. The fourth-order valence-corrected chi connectivity index (χ4v) is 5.40. The van der Waals surface area contributed by atoms with E-state index in [1.165, 1.54) is 12.0 Å². The number of hydrogen-bond acceptors (Lipinski definition) is 8. The second-order valence-corrected chi connectivity index (χ2v) is 11.7. The minimum atomic E-state index is -1.36. The third-order valence-electron chi connectivity index (χ3n) is 8.22. The van der Waals surface area contributed by atoms with E-state index in [0.717, 1.165) is 12.8 Å². The van der Waals surface area contributed by atoms with Gasteiger partial charge in [0.1, 0.15) is 17.9 Å². The van der Waals surface area contributed by atoms with Crippen LogP contribution in [0.1, 0.15) is 58.7 Å². The molecular formula is C31H32N4O7. The van der Waals surface area contributed by atoms with E-state index in [9.17, 15) is 19.6 Å². The van der Waals surface area contributed by atoms with Crippen molar-refractivity contribution < 1.29 is 33.0 Å². The maximum absolute atomic E-state index is 14.0. The number of furan rings is 1. The topological polar surface area (TPSA) is 143 Å². The van der Waals surface area contributed by atoms with Crippen molar-refractivity contribution in [3.05, 3.63) is 58.8 Å². The van der Waals surface area contributed by atoms with Crippen LogP contribution in [0.25, 0.3) is 11.0 Å². The summed E-state index contributed by atoms with van der Waals surface area (Å²) < 4.78 is 22.8. The second-order valence-electron chi connectivity index (χ2n) is 11.7. The standard InChI is InChI=1S/C31H32N4O7/c1-30(15-40-16-30)34-27(36)19-9-10-21-24(11-19)42-26-25(21)41-17-31(2,35(28(26)37)14-18-7-8-18)29(38)33-13-22-20(12-32)5-4-6-23(22)39-3/h4-6,9-11,18H,7-8,13-17H2,1-3H3,(H,33,38)(H,34,36). The van der Waals surface area contributed by atoms with Crippen molar-refractivity contribution in [2.24, 2.45) is 5.92 Å². The van der Waals surface area contributed by atoms with Gasteiger partial charge in [-0.3, -0.25) is 14.4 Å². The molecule has 6 rings (SSSR count). The number of nitrogens with one attached hydrogen (secondary N) is 2. The molecule has 2 fully saturated rings. The minimum absolute atomic E-state index is 0.00409. The number of carbonyl (C=O) groups is 3. The van der Waals surface area contributed by atoms with Gasteiger partial charge in [0.25, 0.3) is 11.8 Å². The molecule has 42 heavy (non-hydrogen) atoms. The Morgan fingerprint density at radius 2 is 1.95 bits per heavy atom. The third kappa shape index (κ3) is 4.81. The first-order chi connectivity index (χ1) is 20.2. The number of fused-ring (bicyclic) bond motifs is 3. The summed E-state index contributed by atoms with van der Waals surface area (Å²) in [6.45, 7) is 4.77. The number of hydrogen-bond donors (Lipinski definition) is 2. The summed E-state index contributed by atoms with van der Waals surface area (Å²) in [5.41, 5.74) is -0.110. The molecule has 11 heteroatoms. The molecule has 2 aromatic carbocycles. The van der Waals surface area contributed by atoms with Crippen LogP contribution in [0.5, 0.6) is 11.5 Å². The highest BCUT2D eigenvalue weighted by Crippen LogP contribution is 2.41. The Morgan fingerprint density at radius 3 is 2.62 bits per heavy atom. The monoisotopic (exact) mass is 572 g/mol. The van der Waals surface area contributed by atoms with Gasteiger partial charge in [0.05, 0.1) is 42.9 Å². The number of nitriles is 1. The molecule has 1 aromatic heterocycles. The van der Waals surface area contributed by atoms with Crippen molar-refractivity contribution in [1.82, 2.24) is 15.5 Å². The van der Waals surface area contributed by atoms with Crippen LogP contribution in [0, 0.1) is 17.2 Å². The lowest BCUT2D eigenvalue weighted by molar-refractivity contribution is -0.133. The van der Waals surface area contributed by atoms with Crippen LogP contribution in [0.4, 0.5) is 0 Å². The van der Waals surface area contributed by atoms with E-state index in [-0.39, 0.29) is 36.5 Å². The van der Waals surface area contributed by atoms with Gasteiger partial charge in [0.15, 0.2) is 11.3 Å². The Hall–Kier alpha value is -4.56. The van der Waals surface area contributed by atoms with E-state index < -0.39 is 22.9 Å². The Balaban J connectivity index is 1.28. The zero-order chi connectivity index (χ0) is 29.6. The zero-order valence-corrected chi connectivity index (χ0v) is 23.7. The SMILES string of the molecule is COc1cccc(C#N)c1CNC(=O)C1(C)COc2c(oc3cc(C(=O)NC4(C)COC4)ccc23)C(=O)N1CC1CC1. The van der Waals surface area contributed by atoms with Gasteiger partial charge < -0.3 is 34.2 Å². The van der Waals surface area contributed by atoms with Crippen molar-refractivity contribution in [2.45, 2.75) is 44.3 Å². The van der Waals surface area contributed by atoms with Gasteiger partial charge in [-0.15, -0.1) is 0 Å². The largest absolute Gasteiger partial charge is 0.496 e. The quantitative estimate of drug-likeness (QED) is 0.419. The smallest absolute Gasteiger partial charge is 0.294 e. The van der Waals surface area contributed by atoms with Gasteiger partial charge in [-0.1, -0.05) is 6.07 Å². The van der Waals surface area contributed by atoms with Gasteiger partial charge in [-0.05, 0) is 62.9 Å². The van der Waals surface area contributed by atoms with Crippen molar-refractivity contribution in [2.75, 3.05) is 33.5 Å². The van der Waals surface area contributed by atoms with Gasteiger partial charge in [0.2, 0.25) is 11.7 Å². The van der Waals surface area contributed by atoms with E-state index in [0.29, 0.717) is 53.2 Å². The van der Waals surface area contributed by atoms with E-state index in [1.54, 1.807) is 43.3 Å². The van der Waals surface area contributed by atoms with Crippen LogP contribution in [0.15, 0.2) is 40.8 Å². The molecule has 1 atom stereocenters. The Morgan fingerprint density at radius 1 is 1.17 bits per heavy atom. The zero-order valence-electron chi connectivity index (χ0n) is 23.7. The molecule has 2 N–H and O–H groups in total. The normalized spacial score (nSPS) is 20.9. The van der Waals surface area contributed by atoms with Gasteiger partial charge in [-0.2, -0.15) is 5.26 Å². The number of nitrogens with zero attached hydrogens (tertiary/aromatic N) is 2. The lowest BCUT2D eigenvalue weighted by atomic mass is 9.98. The molecular weight excluding hydrogens is 540 g/mol. The first-order valence-electron chi connectivity index (χ1n) is 13.9. The summed E-state index contributed by atoms with van der Waals surface area (Å²) >= 11 is 0. The highest BCUT2D eigenvalue weighted by molar-refractivity contribution is 6.06. The molecule has 1 aliphatic carbocycles. The summed E-state index contributed by atoms with van der Waals surface area (Å²) in [7, 11) is 1.50. The van der Waals surface area contributed by atoms with Crippen LogP contribution in [-0.2, 0) is 16.1 Å². The van der Waals surface area contributed by atoms with Crippen molar-refractivity contribution >= 4 is 28.7 Å². The average molecular weight is 573 g/mol. The number of ether oxygens (including phenoxy) is 3. The van der Waals surface area contributed by atoms with E-state index in [2.05, 4.69) is 16.7 Å². The van der Waals surface area contributed by atoms with Crippen LogP contribution in [0.2, 0.25) is 0 Å². The first kappa shape index (κ1) is 27.6. The molecule has 1 saturated carbocycles. The van der Waals surface area contributed by atoms with Crippen LogP contribution >= 0.6 is 0 Å². The van der Waals surface area contributed by atoms with Crippen LogP contribution in [-0.4, -0.2) is 67.2 Å². The summed E-state index contributed by atoms with van der Waals surface area (Å²) in [6, 6.07) is 12.2. The first-order valence-corrected chi connectivity index (χ1v) is 13.9. The molecule has 2 aliphatic heterocycles. The predicted octanol–water partition coefficient (Wildman–Crippen LogP) is 3.15. The number of methoxy groups -OCH3 is 1. The number of benzene rings is 2. The third-order valence-corrected chi connectivity index (χ3v) is 8.22. The summed E-state index contributed by atoms with van der Waals surface area (Å²) in [6.07, 6.45) is 1.93. The molecule has 3 aromatic rings. The summed E-state index contributed by atoms with van der Waals surface area (Å²) in [4.78, 5) is 42.2. The fourth-order valence-electron chi connectivity index (χ4n) is 5.40. The van der Waals surface area contributed by atoms with Gasteiger partial charge >= 0.3 is 0 Å². The molecule has 218 valence electrons. The minimum Gasteiger partial charge on any atom is -0.496 e. The highest BCUT2D eigenvalue weighted by Gasteiger charge is 2.49. The predicted molar refractivity (Wildman–Crippen MR) is 150 cm³/mol. The Bertz CT molecular complexity index is 1630. The average Bonchev–Trinajstić information content (AvgIpc) is 3.74. The van der Waals surface area contributed by atoms with Crippen molar-refractivity contribution in [1.29, 1.82) is 5.26 Å². The molecule has 1 saturated heterocycles. The van der Waals surface area contributed by atoms with Crippen molar-refractivity contribution in [3.63, 3.8) is 0 Å². The summed E-state index contributed by atoms with van der Waals surface area (Å²) in [5, 5.41) is 16.0. The maximum Gasteiger partial charge on any atom is 0.294 e. The maximum atomic E-state index is 14.0. The summed E-state index contributed by atoms with van der Waals surface area (Å²) in [5.74, 6) is -0.145. The van der Waals surface area contributed by atoms with E-state index in [1.807, 2.05) is 6.92 Å². The van der Waals surface area contributed by atoms with Crippen molar-refractivity contribution in [3.8, 4) is 17.6 Å². The molecule has 1 unspecified atom stereocenters. The fraction of sp³-hybridized carbons (Fsp3) is 0.419. The molecule has 3 amide bonds. The molecule has 11 nitrogen and oxygen atoms in total. The highest BCUT2D eigenvalue weighted by atomic mass is 16.5. The number of amides is 3. The lowest BCUT2D eigenvalue weighted by Gasteiger charge is -2.38. The van der Waals surface area contributed by atoms with E-state index in [4.69, 9.17) is 18.6 Å². The molecule has 0 radical (unpaired) electrons. The van der Waals surface area contributed by atoms with Crippen LogP contribution < -0.4 is 20.1 Å². The van der Waals surface area contributed by atoms with Gasteiger partial charge in [0, 0.05) is 24.2 Å². The molecule has 0 bridgehead atoms. The van der Waals surface area contributed by atoms with E-state index >= 15 is 0 Å². The number of rotatable bonds is 8. The Kier molecular flexibility index (Phi) is 6.81. The van der Waals surface area contributed by atoms with Gasteiger partial charge in [-0.25, -0.2) is 0 Å². The Labute approximate surface area is 242 Å². The molecule has 3 heterocycles. The molecule has 3 aliphatic rings. The molecule has 0 spiro atoms.